The SMILES string of the molecule is O=C(NCc1ncc[nH]1)C1CCC(=O)N(CCc2ccc(Cl)cc2)C1. The minimum Gasteiger partial charge on any atom is -0.349 e. The zero-order valence-corrected chi connectivity index (χ0v) is 14.6. The highest BCUT2D eigenvalue weighted by molar-refractivity contribution is 6.30. The van der Waals surface area contributed by atoms with Gasteiger partial charge in [-0.2, -0.15) is 0 Å². The Balaban J connectivity index is 1.50. The molecule has 1 aliphatic rings. The molecule has 1 aromatic carbocycles. The Hall–Kier alpha value is -2.34. The minimum atomic E-state index is -0.169. The van der Waals surface area contributed by atoms with Gasteiger partial charge in [0.05, 0.1) is 12.5 Å². The molecule has 0 spiro atoms. The van der Waals surface area contributed by atoms with Gasteiger partial charge >= 0.3 is 0 Å². The number of aromatic amines is 1. The lowest BCUT2D eigenvalue weighted by Crippen LogP contribution is -2.46. The molecule has 0 bridgehead atoms. The summed E-state index contributed by atoms with van der Waals surface area (Å²) in [5.41, 5.74) is 1.13. The molecule has 132 valence electrons. The van der Waals surface area contributed by atoms with Crippen LogP contribution in [0.1, 0.15) is 24.2 Å². The first-order valence-corrected chi connectivity index (χ1v) is 8.78. The maximum atomic E-state index is 12.4. The molecule has 1 atom stereocenters. The number of benzene rings is 1. The molecule has 1 aliphatic heterocycles. The monoisotopic (exact) mass is 360 g/mol. The van der Waals surface area contributed by atoms with Crippen molar-refractivity contribution < 1.29 is 9.59 Å². The van der Waals surface area contributed by atoms with E-state index >= 15 is 0 Å². The number of amides is 2. The van der Waals surface area contributed by atoms with Crippen molar-refractivity contribution in [1.82, 2.24) is 20.2 Å². The van der Waals surface area contributed by atoms with Crippen LogP contribution in [0.15, 0.2) is 36.7 Å². The molecule has 0 radical (unpaired) electrons. The normalized spacial score (nSPS) is 17.6. The first kappa shape index (κ1) is 17.5. The number of aromatic nitrogens is 2. The van der Waals surface area contributed by atoms with Crippen LogP contribution in [0.25, 0.3) is 0 Å². The number of hydrogen-bond donors (Lipinski definition) is 2. The van der Waals surface area contributed by atoms with Crippen molar-refractivity contribution in [2.45, 2.75) is 25.8 Å². The Kier molecular flexibility index (Phi) is 5.71. The van der Waals surface area contributed by atoms with Gasteiger partial charge in [0.1, 0.15) is 5.82 Å². The van der Waals surface area contributed by atoms with Gasteiger partial charge in [0, 0.05) is 36.9 Å². The van der Waals surface area contributed by atoms with Gasteiger partial charge in [-0.25, -0.2) is 4.98 Å². The summed E-state index contributed by atoms with van der Waals surface area (Å²) in [4.78, 5) is 33.3. The van der Waals surface area contributed by atoms with Crippen LogP contribution < -0.4 is 5.32 Å². The third kappa shape index (κ3) is 4.82. The summed E-state index contributed by atoms with van der Waals surface area (Å²) >= 11 is 5.89. The molecule has 0 aliphatic carbocycles. The standard InChI is InChI=1S/C18H21ClN4O2/c19-15-4-1-13(2-5-15)7-10-23-12-14(3-6-17(23)24)18(25)22-11-16-20-8-9-21-16/h1-2,4-5,8-9,14H,3,6-7,10-12H2,(H,20,21)(H,22,25). The molecule has 2 heterocycles. The molecule has 25 heavy (non-hydrogen) atoms. The molecule has 2 N–H and O–H groups in total. The summed E-state index contributed by atoms with van der Waals surface area (Å²) < 4.78 is 0. The number of carbonyl (C=O) groups excluding carboxylic acids is 2. The molecule has 2 amide bonds. The number of rotatable bonds is 6. The van der Waals surface area contributed by atoms with Crippen molar-refractivity contribution in [1.29, 1.82) is 0 Å². The van der Waals surface area contributed by atoms with Crippen LogP contribution in [0.5, 0.6) is 0 Å². The lowest BCUT2D eigenvalue weighted by molar-refractivity contribution is -0.138. The van der Waals surface area contributed by atoms with Gasteiger partial charge in [0.25, 0.3) is 0 Å². The molecule has 1 saturated heterocycles. The largest absolute Gasteiger partial charge is 0.349 e. The molecular weight excluding hydrogens is 340 g/mol. The van der Waals surface area contributed by atoms with Crippen LogP contribution >= 0.6 is 11.6 Å². The van der Waals surface area contributed by atoms with Gasteiger partial charge in [-0.3, -0.25) is 9.59 Å². The Bertz CT molecular complexity index is 715. The summed E-state index contributed by atoms with van der Waals surface area (Å²) in [5, 5.41) is 3.58. The molecule has 7 heteroatoms. The quantitative estimate of drug-likeness (QED) is 0.828. The van der Waals surface area contributed by atoms with E-state index in [1.165, 1.54) is 0 Å². The Morgan fingerprint density at radius 3 is 2.88 bits per heavy atom. The lowest BCUT2D eigenvalue weighted by atomic mass is 9.96. The molecule has 1 unspecified atom stereocenters. The highest BCUT2D eigenvalue weighted by Gasteiger charge is 2.29. The zero-order valence-electron chi connectivity index (χ0n) is 13.9. The maximum absolute atomic E-state index is 12.4. The van der Waals surface area contributed by atoms with Crippen molar-refractivity contribution in [2.75, 3.05) is 13.1 Å². The number of piperidine rings is 1. The van der Waals surface area contributed by atoms with Crippen LogP contribution in [0.2, 0.25) is 5.02 Å². The highest BCUT2D eigenvalue weighted by atomic mass is 35.5. The second-order valence-corrected chi connectivity index (χ2v) is 6.64. The lowest BCUT2D eigenvalue weighted by Gasteiger charge is -2.32. The van der Waals surface area contributed by atoms with E-state index in [0.717, 1.165) is 17.8 Å². The summed E-state index contributed by atoms with van der Waals surface area (Å²) in [6.07, 6.45) is 5.14. The predicted molar refractivity (Wildman–Crippen MR) is 94.9 cm³/mol. The summed E-state index contributed by atoms with van der Waals surface area (Å²) in [6, 6.07) is 7.62. The summed E-state index contributed by atoms with van der Waals surface area (Å²) in [5.74, 6) is 0.641. The number of imidazole rings is 1. The minimum absolute atomic E-state index is 0.0274. The molecule has 0 saturated carbocycles. The Morgan fingerprint density at radius 1 is 1.36 bits per heavy atom. The molecule has 3 rings (SSSR count). The number of likely N-dealkylation sites (tertiary alicyclic amines) is 1. The number of halogens is 1. The first-order chi connectivity index (χ1) is 12.1. The number of nitrogens with one attached hydrogen (secondary N) is 2. The van der Waals surface area contributed by atoms with E-state index in [0.29, 0.717) is 37.5 Å². The number of hydrogen-bond acceptors (Lipinski definition) is 3. The van der Waals surface area contributed by atoms with E-state index in [1.807, 2.05) is 24.3 Å². The second kappa shape index (κ2) is 8.16. The van der Waals surface area contributed by atoms with E-state index in [1.54, 1.807) is 17.3 Å². The smallest absolute Gasteiger partial charge is 0.225 e. The topological polar surface area (TPSA) is 78.1 Å². The maximum Gasteiger partial charge on any atom is 0.225 e. The molecule has 2 aromatic rings. The predicted octanol–water partition coefficient (Wildman–Crippen LogP) is 2.16. The summed E-state index contributed by atoms with van der Waals surface area (Å²) in [7, 11) is 0. The fourth-order valence-electron chi connectivity index (χ4n) is 2.97. The third-order valence-corrected chi connectivity index (χ3v) is 4.69. The van der Waals surface area contributed by atoms with E-state index < -0.39 is 0 Å². The van der Waals surface area contributed by atoms with Gasteiger partial charge in [-0.1, -0.05) is 23.7 Å². The number of nitrogens with zero attached hydrogens (tertiary/aromatic N) is 2. The van der Waals surface area contributed by atoms with Gasteiger partial charge in [-0.15, -0.1) is 0 Å². The Labute approximate surface area is 151 Å². The van der Waals surface area contributed by atoms with Gasteiger partial charge in [0.2, 0.25) is 11.8 Å². The van der Waals surface area contributed by atoms with Gasteiger partial charge in [-0.05, 0) is 30.5 Å². The van der Waals surface area contributed by atoms with Crippen LogP contribution in [0, 0.1) is 5.92 Å². The van der Waals surface area contributed by atoms with E-state index in [2.05, 4.69) is 15.3 Å². The molecular formula is C18H21ClN4O2. The van der Waals surface area contributed by atoms with Crippen LogP contribution in [0.4, 0.5) is 0 Å². The van der Waals surface area contributed by atoms with Crippen molar-refractivity contribution in [3.8, 4) is 0 Å². The van der Waals surface area contributed by atoms with E-state index in [9.17, 15) is 9.59 Å². The van der Waals surface area contributed by atoms with Gasteiger partial charge < -0.3 is 15.2 Å². The van der Waals surface area contributed by atoms with Crippen molar-refractivity contribution in [3.63, 3.8) is 0 Å². The van der Waals surface area contributed by atoms with Gasteiger partial charge in [0.15, 0.2) is 0 Å². The van der Waals surface area contributed by atoms with Crippen LogP contribution in [0.3, 0.4) is 0 Å². The third-order valence-electron chi connectivity index (χ3n) is 4.44. The average Bonchev–Trinajstić information content (AvgIpc) is 3.14. The first-order valence-electron chi connectivity index (χ1n) is 8.40. The second-order valence-electron chi connectivity index (χ2n) is 6.21. The molecule has 6 nitrogen and oxygen atoms in total. The van der Waals surface area contributed by atoms with Crippen molar-refractivity contribution in [2.24, 2.45) is 5.92 Å². The van der Waals surface area contributed by atoms with Crippen LogP contribution in [-0.2, 0) is 22.6 Å². The summed E-state index contributed by atoms with van der Waals surface area (Å²) in [6.45, 7) is 1.46. The zero-order chi connectivity index (χ0) is 17.6. The van der Waals surface area contributed by atoms with Crippen LogP contribution in [-0.4, -0.2) is 39.8 Å². The van der Waals surface area contributed by atoms with Crippen molar-refractivity contribution in [3.05, 3.63) is 53.1 Å². The number of carbonyl (C=O) groups is 2. The molecule has 1 aromatic heterocycles. The van der Waals surface area contributed by atoms with Crippen molar-refractivity contribution >= 4 is 23.4 Å². The number of H-pyrrole nitrogens is 1. The van der Waals surface area contributed by atoms with E-state index in [-0.39, 0.29) is 17.7 Å². The Morgan fingerprint density at radius 2 is 2.16 bits per heavy atom. The highest BCUT2D eigenvalue weighted by Crippen LogP contribution is 2.19. The average molecular weight is 361 g/mol. The molecule has 1 fully saturated rings. The van der Waals surface area contributed by atoms with E-state index in [4.69, 9.17) is 11.6 Å². The fourth-order valence-corrected chi connectivity index (χ4v) is 3.10. The fraction of sp³-hybridized carbons (Fsp3) is 0.389.